The first kappa shape index (κ1) is 23.5. The number of benzene rings is 1. The van der Waals surface area contributed by atoms with Crippen molar-refractivity contribution in [3.8, 4) is 6.07 Å². The molecule has 11 heteroatoms. The molecule has 0 unspecified atom stereocenters. The topological polar surface area (TPSA) is 99.9 Å². The van der Waals surface area contributed by atoms with E-state index >= 15 is 0 Å². The Morgan fingerprint density at radius 1 is 1.28 bits per heavy atom. The zero-order valence-electron chi connectivity index (χ0n) is 17.4. The molecule has 8 nitrogen and oxygen atoms in total. The summed E-state index contributed by atoms with van der Waals surface area (Å²) in [6.07, 6.45) is -4.18. The molecular weight excluding hydrogens is 431 g/mol. The summed E-state index contributed by atoms with van der Waals surface area (Å²) in [6.45, 7) is 2.37. The highest BCUT2D eigenvalue weighted by molar-refractivity contribution is 6.23. The normalized spacial score (nSPS) is 18.2. The van der Waals surface area contributed by atoms with E-state index in [1.54, 1.807) is 6.92 Å². The SMILES string of the molecule is CCOC(=O)CCCN1C(=O)N(c2ccc(C#N)c(C(F)(F)F)c2)C(=O)C12CCOCC2. The number of carbonyl (C=O) groups is 3. The number of rotatable bonds is 6. The average molecular weight is 453 g/mol. The third-order valence-corrected chi connectivity index (χ3v) is 5.62. The van der Waals surface area contributed by atoms with E-state index in [0.29, 0.717) is 6.07 Å². The standard InChI is InChI=1S/C21H22F3N3O5/c1-2-32-17(28)4-3-9-26-19(30)27(18(29)20(26)7-10-31-11-8-20)15-6-5-14(13-25)16(12-15)21(22,23)24/h5-6,12H,2-4,7-11H2,1H3. The summed E-state index contributed by atoms with van der Waals surface area (Å²) in [6, 6.07) is 3.45. The van der Waals surface area contributed by atoms with Gasteiger partial charge in [-0.2, -0.15) is 18.4 Å². The Morgan fingerprint density at radius 2 is 1.97 bits per heavy atom. The number of halogens is 3. The highest BCUT2D eigenvalue weighted by Gasteiger charge is 2.58. The van der Waals surface area contributed by atoms with Crippen LogP contribution < -0.4 is 4.90 Å². The summed E-state index contributed by atoms with van der Waals surface area (Å²) in [4.78, 5) is 40.3. The van der Waals surface area contributed by atoms with E-state index in [4.69, 9.17) is 14.7 Å². The summed E-state index contributed by atoms with van der Waals surface area (Å²) < 4.78 is 50.5. The predicted molar refractivity (Wildman–Crippen MR) is 104 cm³/mol. The third kappa shape index (κ3) is 4.27. The second-order valence-electron chi connectivity index (χ2n) is 7.47. The minimum absolute atomic E-state index is 0.0352. The maximum Gasteiger partial charge on any atom is 0.417 e. The number of anilines is 1. The number of carbonyl (C=O) groups excluding carboxylic acids is 3. The minimum Gasteiger partial charge on any atom is -0.466 e. The van der Waals surface area contributed by atoms with E-state index in [9.17, 15) is 27.6 Å². The zero-order chi connectivity index (χ0) is 23.5. The monoisotopic (exact) mass is 453 g/mol. The highest BCUT2D eigenvalue weighted by atomic mass is 19.4. The van der Waals surface area contributed by atoms with E-state index in [0.717, 1.165) is 17.0 Å². The summed E-state index contributed by atoms with van der Waals surface area (Å²) in [5.74, 6) is -1.08. The summed E-state index contributed by atoms with van der Waals surface area (Å²) in [5.41, 5.74) is -3.34. The fraction of sp³-hybridized carbons (Fsp3) is 0.524. The molecule has 0 atom stereocenters. The average Bonchev–Trinajstić information content (AvgIpc) is 2.94. The van der Waals surface area contributed by atoms with Crippen molar-refractivity contribution in [2.75, 3.05) is 31.3 Å². The molecular formula is C21H22F3N3O5. The van der Waals surface area contributed by atoms with Gasteiger partial charge in [-0.15, -0.1) is 0 Å². The van der Waals surface area contributed by atoms with Crippen LogP contribution in [-0.4, -0.2) is 54.7 Å². The molecule has 0 N–H and O–H groups in total. The van der Waals surface area contributed by atoms with E-state index < -0.39 is 40.7 Å². The van der Waals surface area contributed by atoms with Crippen molar-refractivity contribution in [1.82, 2.24) is 4.90 Å². The van der Waals surface area contributed by atoms with Crippen LogP contribution in [0.1, 0.15) is 43.7 Å². The van der Waals surface area contributed by atoms with E-state index in [-0.39, 0.29) is 57.7 Å². The van der Waals surface area contributed by atoms with Crippen LogP contribution in [0, 0.1) is 11.3 Å². The molecule has 2 saturated heterocycles. The van der Waals surface area contributed by atoms with Gasteiger partial charge in [-0.3, -0.25) is 9.59 Å². The number of urea groups is 1. The lowest BCUT2D eigenvalue weighted by Gasteiger charge is -2.38. The van der Waals surface area contributed by atoms with Crippen molar-refractivity contribution in [3.63, 3.8) is 0 Å². The molecule has 0 radical (unpaired) electrons. The minimum atomic E-state index is -4.83. The van der Waals surface area contributed by atoms with E-state index in [1.165, 1.54) is 11.0 Å². The lowest BCUT2D eigenvalue weighted by Crippen LogP contribution is -2.53. The molecule has 1 aromatic carbocycles. The van der Waals surface area contributed by atoms with Crippen LogP contribution in [0.25, 0.3) is 0 Å². The first-order chi connectivity index (χ1) is 15.2. The largest absolute Gasteiger partial charge is 0.466 e. The Kier molecular flexibility index (Phi) is 6.74. The van der Waals surface area contributed by atoms with Crippen LogP contribution in [0.2, 0.25) is 0 Å². The van der Waals surface area contributed by atoms with Crippen molar-refractivity contribution >= 4 is 23.6 Å². The van der Waals surface area contributed by atoms with Gasteiger partial charge in [0.05, 0.1) is 29.5 Å². The molecule has 0 bridgehead atoms. The molecule has 0 aromatic heterocycles. The molecule has 3 amide bonds. The number of esters is 1. The fourth-order valence-corrected chi connectivity index (χ4v) is 4.06. The summed E-state index contributed by atoms with van der Waals surface area (Å²) >= 11 is 0. The number of nitriles is 1. The number of hydrogen-bond donors (Lipinski definition) is 0. The number of hydrogen-bond acceptors (Lipinski definition) is 6. The molecule has 2 heterocycles. The fourth-order valence-electron chi connectivity index (χ4n) is 4.06. The van der Waals surface area contributed by atoms with E-state index in [2.05, 4.69) is 0 Å². The van der Waals surface area contributed by atoms with Crippen molar-refractivity contribution in [3.05, 3.63) is 29.3 Å². The molecule has 32 heavy (non-hydrogen) atoms. The van der Waals surface area contributed by atoms with Gasteiger partial charge in [-0.25, -0.2) is 9.69 Å². The molecule has 172 valence electrons. The molecule has 1 spiro atoms. The number of amides is 3. The Bertz CT molecular complexity index is 951. The smallest absolute Gasteiger partial charge is 0.417 e. The van der Waals surface area contributed by atoms with Crippen molar-refractivity contribution in [1.29, 1.82) is 5.26 Å². The first-order valence-corrected chi connectivity index (χ1v) is 10.2. The highest BCUT2D eigenvalue weighted by Crippen LogP contribution is 2.41. The van der Waals surface area contributed by atoms with Gasteiger partial charge in [0.15, 0.2) is 0 Å². The Balaban J connectivity index is 1.94. The lowest BCUT2D eigenvalue weighted by molar-refractivity contribution is -0.143. The number of nitrogens with zero attached hydrogens (tertiary/aromatic N) is 3. The zero-order valence-corrected chi connectivity index (χ0v) is 17.4. The van der Waals surface area contributed by atoms with Crippen LogP contribution in [-0.2, 0) is 25.2 Å². The second-order valence-corrected chi connectivity index (χ2v) is 7.47. The number of imide groups is 1. The van der Waals surface area contributed by atoms with Gasteiger partial charge in [0.2, 0.25) is 0 Å². The first-order valence-electron chi connectivity index (χ1n) is 10.2. The summed E-state index contributed by atoms with van der Waals surface area (Å²) in [7, 11) is 0. The van der Waals surface area contributed by atoms with Gasteiger partial charge in [0, 0.05) is 39.0 Å². The van der Waals surface area contributed by atoms with Crippen molar-refractivity contribution in [2.24, 2.45) is 0 Å². The van der Waals surface area contributed by atoms with Gasteiger partial charge in [-0.1, -0.05) is 0 Å². The van der Waals surface area contributed by atoms with Crippen LogP contribution in [0.4, 0.5) is 23.7 Å². The van der Waals surface area contributed by atoms with Crippen LogP contribution >= 0.6 is 0 Å². The molecule has 2 fully saturated rings. The third-order valence-electron chi connectivity index (χ3n) is 5.62. The van der Waals surface area contributed by atoms with Crippen molar-refractivity contribution in [2.45, 2.75) is 44.3 Å². The second kappa shape index (κ2) is 9.16. The van der Waals surface area contributed by atoms with Gasteiger partial charge in [0.1, 0.15) is 5.54 Å². The molecule has 3 rings (SSSR count). The molecule has 2 aliphatic rings. The summed E-state index contributed by atoms with van der Waals surface area (Å²) in [5, 5.41) is 9.01. The van der Waals surface area contributed by atoms with Gasteiger partial charge < -0.3 is 14.4 Å². The molecule has 0 aliphatic carbocycles. The predicted octanol–water partition coefficient (Wildman–Crippen LogP) is 3.24. The maximum absolute atomic E-state index is 13.4. The van der Waals surface area contributed by atoms with E-state index in [1.807, 2.05) is 0 Å². The van der Waals surface area contributed by atoms with Crippen LogP contribution in [0.3, 0.4) is 0 Å². The molecule has 0 saturated carbocycles. The quantitative estimate of drug-likeness (QED) is 0.484. The van der Waals surface area contributed by atoms with Crippen LogP contribution in [0.5, 0.6) is 0 Å². The maximum atomic E-state index is 13.4. The van der Waals surface area contributed by atoms with Gasteiger partial charge >= 0.3 is 18.2 Å². The Labute approximate surface area is 182 Å². The van der Waals surface area contributed by atoms with Crippen molar-refractivity contribution < 1.29 is 37.0 Å². The lowest BCUT2D eigenvalue weighted by atomic mass is 9.88. The van der Waals surface area contributed by atoms with Gasteiger partial charge in [-0.05, 0) is 31.5 Å². The molecule has 1 aromatic rings. The number of alkyl halides is 3. The number of ether oxygens (including phenoxy) is 2. The Morgan fingerprint density at radius 3 is 2.56 bits per heavy atom. The Hall–Kier alpha value is -3.13. The van der Waals surface area contributed by atoms with Crippen LogP contribution in [0.15, 0.2) is 18.2 Å². The molecule has 2 aliphatic heterocycles. The van der Waals surface area contributed by atoms with Gasteiger partial charge in [0.25, 0.3) is 5.91 Å².